The molecule has 0 spiro atoms. The van der Waals surface area contributed by atoms with E-state index >= 15 is 0 Å². The summed E-state index contributed by atoms with van der Waals surface area (Å²) in [6.45, 7) is 6.19. The molecule has 0 heterocycles. The van der Waals surface area contributed by atoms with Crippen LogP contribution in [0.4, 0.5) is 0 Å². The zero-order chi connectivity index (χ0) is 17.1. The van der Waals surface area contributed by atoms with Crippen molar-refractivity contribution in [3.8, 4) is 0 Å². The predicted molar refractivity (Wildman–Crippen MR) is 93.9 cm³/mol. The van der Waals surface area contributed by atoms with Crippen LogP contribution in [0.25, 0.3) is 6.08 Å². The van der Waals surface area contributed by atoms with Crippen LogP contribution in [0.15, 0.2) is 36.4 Å². The first-order valence-corrected chi connectivity index (χ1v) is 8.57. The summed E-state index contributed by atoms with van der Waals surface area (Å²) in [5.74, 6) is -0.881. The maximum atomic E-state index is 12.6. The number of hydrogen-bond acceptors (Lipinski definition) is 3. The second-order valence-corrected chi connectivity index (χ2v) is 5.66. The standard InChI is InChI=1S/C20H28O3/c1-4-7-13-18(20(22)23-6-3)17(5-2)19(21)15-14-16-11-9-8-10-12-16/h8-12,14-15,17-18H,4-7,13H2,1-3H3. The van der Waals surface area contributed by atoms with Crippen LogP contribution in [0.3, 0.4) is 0 Å². The first-order valence-electron chi connectivity index (χ1n) is 8.57. The maximum Gasteiger partial charge on any atom is 0.309 e. The molecule has 0 aliphatic rings. The third-order valence-electron chi connectivity index (χ3n) is 3.99. The maximum absolute atomic E-state index is 12.6. The van der Waals surface area contributed by atoms with Crippen molar-refractivity contribution in [3.05, 3.63) is 42.0 Å². The number of unbranched alkanes of at least 4 members (excludes halogenated alkanes) is 1. The number of allylic oxidation sites excluding steroid dienone is 1. The lowest BCUT2D eigenvalue weighted by Gasteiger charge is -2.22. The Morgan fingerprint density at radius 1 is 1.09 bits per heavy atom. The van der Waals surface area contributed by atoms with Gasteiger partial charge in [0, 0.05) is 5.92 Å². The third kappa shape index (κ3) is 6.39. The highest BCUT2D eigenvalue weighted by Crippen LogP contribution is 2.25. The molecule has 0 amide bonds. The van der Waals surface area contributed by atoms with Crippen LogP contribution in [-0.2, 0) is 14.3 Å². The number of ether oxygens (including phenoxy) is 1. The second kappa shape index (κ2) is 10.8. The summed E-state index contributed by atoms with van der Waals surface area (Å²) >= 11 is 0. The van der Waals surface area contributed by atoms with E-state index in [0.29, 0.717) is 19.4 Å². The third-order valence-corrected chi connectivity index (χ3v) is 3.99. The van der Waals surface area contributed by atoms with Crippen LogP contribution in [0, 0.1) is 11.8 Å². The van der Waals surface area contributed by atoms with Crippen LogP contribution in [0.1, 0.15) is 52.0 Å². The molecule has 0 aliphatic heterocycles. The molecule has 3 heteroatoms. The summed E-state index contributed by atoms with van der Waals surface area (Å²) < 4.78 is 5.18. The van der Waals surface area contributed by atoms with E-state index in [1.807, 2.05) is 43.3 Å². The van der Waals surface area contributed by atoms with Gasteiger partial charge in [-0.3, -0.25) is 9.59 Å². The highest BCUT2D eigenvalue weighted by Gasteiger charge is 2.31. The lowest BCUT2D eigenvalue weighted by molar-refractivity contribution is -0.152. The molecule has 1 rings (SSSR count). The first kappa shape index (κ1) is 19.1. The van der Waals surface area contributed by atoms with Gasteiger partial charge in [-0.2, -0.15) is 0 Å². The molecular weight excluding hydrogens is 288 g/mol. The van der Waals surface area contributed by atoms with Crippen LogP contribution in [0.2, 0.25) is 0 Å². The van der Waals surface area contributed by atoms with Crippen molar-refractivity contribution in [2.24, 2.45) is 11.8 Å². The Kier molecular flexibility index (Phi) is 8.96. The number of hydrogen-bond donors (Lipinski definition) is 0. The van der Waals surface area contributed by atoms with E-state index in [1.165, 1.54) is 0 Å². The molecule has 2 atom stereocenters. The Labute approximate surface area is 139 Å². The van der Waals surface area contributed by atoms with Crippen molar-refractivity contribution in [1.82, 2.24) is 0 Å². The molecule has 0 aliphatic carbocycles. The normalized spacial score (nSPS) is 13.7. The fourth-order valence-electron chi connectivity index (χ4n) is 2.71. The number of rotatable bonds is 10. The van der Waals surface area contributed by atoms with E-state index in [2.05, 4.69) is 6.92 Å². The fraction of sp³-hybridized carbons (Fsp3) is 0.500. The van der Waals surface area contributed by atoms with Crippen molar-refractivity contribution in [2.45, 2.75) is 46.5 Å². The van der Waals surface area contributed by atoms with Gasteiger partial charge in [0.15, 0.2) is 5.78 Å². The minimum atomic E-state index is -0.340. The number of benzene rings is 1. The smallest absolute Gasteiger partial charge is 0.309 e. The zero-order valence-electron chi connectivity index (χ0n) is 14.5. The van der Waals surface area contributed by atoms with E-state index in [1.54, 1.807) is 13.0 Å². The Morgan fingerprint density at radius 2 is 1.78 bits per heavy atom. The highest BCUT2D eigenvalue weighted by atomic mass is 16.5. The number of carbonyl (C=O) groups is 2. The van der Waals surface area contributed by atoms with E-state index in [0.717, 1.165) is 18.4 Å². The predicted octanol–water partition coefficient (Wildman–Crippen LogP) is 4.66. The molecule has 2 unspecified atom stereocenters. The van der Waals surface area contributed by atoms with E-state index in [-0.39, 0.29) is 23.6 Å². The van der Waals surface area contributed by atoms with Gasteiger partial charge >= 0.3 is 5.97 Å². The Hall–Kier alpha value is -1.90. The lowest BCUT2D eigenvalue weighted by atomic mass is 9.82. The molecule has 0 saturated carbocycles. The molecule has 0 fully saturated rings. The monoisotopic (exact) mass is 316 g/mol. The van der Waals surface area contributed by atoms with Gasteiger partial charge < -0.3 is 4.74 Å². The molecular formula is C20H28O3. The Balaban J connectivity index is 2.85. The van der Waals surface area contributed by atoms with Gasteiger partial charge in [0.1, 0.15) is 0 Å². The number of ketones is 1. The van der Waals surface area contributed by atoms with Gasteiger partial charge in [-0.25, -0.2) is 0 Å². The average Bonchev–Trinajstić information content (AvgIpc) is 2.57. The fourth-order valence-corrected chi connectivity index (χ4v) is 2.71. The van der Waals surface area contributed by atoms with Crippen molar-refractivity contribution < 1.29 is 14.3 Å². The molecule has 0 radical (unpaired) electrons. The Morgan fingerprint density at radius 3 is 2.35 bits per heavy atom. The largest absolute Gasteiger partial charge is 0.466 e. The first-order chi connectivity index (χ1) is 11.1. The van der Waals surface area contributed by atoms with Gasteiger partial charge in [0.2, 0.25) is 0 Å². The molecule has 0 N–H and O–H groups in total. The van der Waals surface area contributed by atoms with Crippen molar-refractivity contribution in [1.29, 1.82) is 0 Å². The van der Waals surface area contributed by atoms with Gasteiger partial charge in [-0.1, -0.05) is 63.1 Å². The summed E-state index contributed by atoms with van der Waals surface area (Å²) in [4.78, 5) is 24.8. The van der Waals surface area contributed by atoms with Crippen LogP contribution < -0.4 is 0 Å². The van der Waals surface area contributed by atoms with Gasteiger partial charge in [-0.05, 0) is 31.4 Å². The number of carbonyl (C=O) groups excluding carboxylic acids is 2. The highest BCUT2D eigenvalue weighted by molar-refractivity contribution is 5.97. The van der Waals surface area contributed by atoms with Gasteiger partial charge in [0.05, 0.1) is 12.5 Å². The zero-order valence-corrected chi connectivity index (χ0v) is 14.5. The molecule has 0 saturated heterocycles. The molecule has 3 nitrogen and oxygen atoms in total. The summed E-state index contributed by atoms with van der Waals surface area (Å²) in [6.07, 6.45) is 6.69. The van der Waals surface area contributed by atoms with Crippen molar-refractivity contribution >= 4 is 17.8 Å². The van der Waals surface area contributed by atoms with Gasteiger partial charge in [-0.15, -0.1) is 0 Å². The minimum absolute atomic E-state index is 0.00510. The van der Waals surface area contributed by atoms with Crippen molar-refractivity contribution in [2.75, 3.05) is 6.61 Å². The molecule has 0 aromatic heterocycles. The van der Waals surface area contributed by atoms with E-state index in [9.17, 15) is 9.59 Å². The van der Waals surface area contributed by atoms with Crippen molar-refractivity contribution in [3.63, 3.8) is 0 Å². The molecule has 126 valence electrons. The number of esters is 1. The molecule has 23 heavy (non-hydrogen) atoms. The topological polar surface area (TPSA) is 43.4 Å². The minimum Gasteiger partial charge on any atom is -0.466 e. The SMILES string of the molecule is CCCCC(C(=O)OCC)C(CC)C(=O)C=Cc1ccccc1. The quantitative estimate of drug-likeness (QED) is 0.465. The summed E-state index contributed by atoms with van der Waals surface area (Å²) in [5, 5.41) is 0. The Bertz CT molecular complexity index is 505. The molecule has 1 aromatic rings. The van der Waals surface area contributed by atoms with Crippen LogP contribution in [-0.4, -0.2) is 18.4 Å². The van der Waals surface area contributed by atoms with Gasteiger partial charge in [0.25, 0.3) is 0 Å². The summed E-state index contributed by atoms with van der Waals surface area (Å²) in [7, 11) is 0. The van der Waals surface area contributed by atoms with Crippen LogP contribution >= 0.6 is 0 Å². The van der Waals surface area contributed by atoms with E-state index < -0.39 is 0 Å². The second-order valence-electron chi connectivity index (χ2n) is 5.66. The molecule has 1 aromatic carbocycles. The lowest BCUT2D eigenvalue weighted by Crippen LogP contribution is -2.30. The van der Waals surface area contributed by atoms with E-state index in [4.69, 9.17) is 4.74 Å². The van der Waals surface area contributed by atoms with Crippen LogP contribution in [0.5, 0.6) is 0 Å². The summed E-state index contributed by atoms with van der Waals surface area (Å²) in [5.41, 5.74) is 0.983. The molecule has 0 bridgehead atoms. The average molecular weight is 316 g/mol. The summed E-state index contributed by atoms with van der Waals surface area (Å²) in [6, 6.07) is 9.71.